The SMILES string of the molecule is COc1ccc(CC[C@H]2CN(C3=Nc4ccccc4Cc4sc(C(C)C)nc43)CCN2C)cc1.O=C(O)CC(O)(CC(=O)O)C(=O)O. The number of methoxy groups -OCH3 is 1. The molecule has 0 radical (unpaired) electrons. The summed E-state index contributed by atoms with van der Waals surface area (Å²) in [6.07, 6.45) is 0.798. The zero-order valence-corrected chi connectivity index (χ0v) is 27.9. The van der Waals surface area contributed by atoms with Crippen molar-refractivity contribution in [2.24, 2.45) is 4.99 Å². The van der Waals surface area contributed by atoms with Crippen molar-refractivity contribution >= 4 is 40.8 Å². The van der Waals surface area contributed by atoms with Crippen LogP contribution in [0.2, 0.25) is 0 Å². The van der Waals surface area contributed by atoms with Gasteiger partial charge in [-0.1, -0.05) is 44.2 Å². The number of amidine groups is 1. The van der Waals surface area contributed by atoms with Crippen LogP contribution in [-0.2, 0) is 27.2 Å². The summed E-state index contributed by atoms with van der Waals surface area (Å²) in [5.74, 6) is -2.62. The van der Waals surface area contributed by atoms with Crippen molar-refractivity contribution in [3.05, 3.63) is 75.2 Å². The molecule has 12 nitrogen and oxygen atoms in total. The summed E-state index contributed by atoms with van der Waals surface area (Å²) in [5, 5.41) is 35.0. The average molecular weight is 667 g/mol. The number of nitrogens with zero attached hydrogens (tertiary/aromatic N) is 4. The molecule has 2 aliphatic heterocycles. The van der Waals surface area contributed by atoms with Crippen LogP contribution in [0.5, 0.6) is 5.75 Å². The van der Waals surface area contributed by atoms with Gasteiger partial charge in [0.25, 0.3) is 0 Å². The summed E-state index contributed by atoms with van der Waals surface area (Å²) in [7, 11) is 3.97. The number of para-hydroxylation sites is 1. The Balaban J connectivity index is 0.000000328. The molecular weight excluding hydrogens is 624 g/mol. The molecule has 1 aromatic heterocycles. The van der Waals surface area contributed by atoms with E-state index in [4.69, 9.17) is 35.1 Å². The topological polar surface area (TPSA) is 173 Å². The molecule has 0 bridgehead atoms. The number of aromatic nitrogens is 1. The molecule has 1 fully saturated rings. The predicted molar refractivity (Wildman–Crippen MR) is 178 cm³/mol. The lowest BCUT2D eigenvalue weighted by atomic mass is 9.96. The molecule has 0 saturated carbocycles. The number of aliphatic carboxylic acids is 3. The number of carboxylic acids is 3. The highest BCUT2D eigenvalue weighted by Gasteiger charge is 2.40. The fourth-order valence-electron chi connectivity index (χ4n) is 5.53. The second-order valence-electron chi connectivity index (χ2n) is 12.2. The lowest BCUT2D eigenvalue weighted by molar-refractivity contribution is -0.170. The van der Waals surface area contributed by atoms with E-state index >= 15 is 0 Å². The second kappa shape index (κ2) is 15.5. The number of piperazine rings is 1. The van der Waals surface area contributed by atoms with Crippen LogP contribution in [0, 0.1) is 0 Å². The highest BCUT2D eigenvalue weighted by atomic mass is 32.1. The van der Waals surface area contributed by atoms with Crippen molar-refractivity contribution in [2.75, 3.05) is 33.8 Å². The zero-order chi connectivity index (χ0) is 34.3. The fourth-order valence-corrected chi connectivity index (χ4v) is 6.62. The highest BCUT2D eigenvalue weighted by molar-refractivity contribution is 7.12. The van der Waals surface area contributed by atoms with Gasteiger partial charge < -0.3 is 30.1 Å². The van der Waals surface area contributed by atoms with Crippen molar-refractivity contribution < 1.29 is 39.5 Å². The van der Waals surface area contributed by atoms with Gasteiger partial charge in [-0.2, -0.15) is 0 Å². The maximum atomic E-state index is 10.3. The largest absolute Gasteiger partial charge is 0.497 e. The minimum absolute atomic E-state index is 0.429. The molecule has 5 rings (SSSR count). The van der Waals surface area contributed by atoms with Gasteiger partial charge in [-0.15, -0.1) is 11.3 Å². The summed E-state index contributed by atoms with van der Waals surface area (Å²) in [6.45, 7) is 7.44. The van der Waals surface area contributed by atoms with Crippen molar-refractivity contribution in [2.45, 2.75) is 63.5 Å². The number of thiazole rings is 1. The molecule has 47 heavy (non-hydrogen) atoms. The first-order valence-corrected chi connectivity index (χ1v) is 16.2. The summed E-state index contributed by atoms with van der Waals surface area (Å²) in [4.78, 5) is 47.2. The molecule has 0 amide bonds. The number of aliphatic hydroxyl groups is 1. The first kappa shape index (κ1) is 35.5. The van der Waals surface area contributed by atoms with E-state index in [1.54, 1.807) is 7.11 Å². The third kappa shape index (κ3) is 9.15. The fraction of sp³-hybridized carbons (Fsp3) is 0.441. The Morgan fingerprint density at radius 2 is 1.68 bits per heavy atom. The monoisotopic (exact) mass is 666 g/mol. The Morgan fingerprint density at radius 1 is 1.02 bits per heavy atom. The minimum Gasteiger partial charge on any atom is -0.497 e. The van der Waals surface area contributed by atoms with Gasteiger partial charge in [-0.3, -0.25) is 14.5 Å². The number of carboxylic acid groups (broad SMARTS) is 3. The number of likely N-dealkylation sites (N-methyl/N-ethyl adjacent to an activating group) is 1. The smallest absolute Gasteiger partial charge is 0.336 e. The standard InChI is InChI=1S/C28H34N4OS.C6H8O7/c1-19(2)28-30-26-25(34-28)17-21-7-5-6-8-24(21)29-27(26)32-16-15-31(3)22(18-32)12-9-20-10-13-23(33-4)14-11-20;7-3(8)1-6(13,5(11)12)2-4(9)10/h5-8,10-11,13-14,19,22H,9,12,15-18H2,1-4H3;13H,1-2H2,(H,7,8)(H,9,10)(H,11,12)/t22-;/m0./s1. The predicted octanol–water partition coefficient (Wildman–Crippen LogP) is 4.26. The van der Waals surface area contributed by atoms with E-state index in [1.165, 1.54) is 21.0 Å². The number of rotatable bonds is 10. The normalized spacial score (nSPS) is 16.3. The first-order chi connectivity index (χ1) is 22.3. The molecule has 252 valence electrons. The molecule has 2 aromatic carbocycles. The Labute approximate surface area is 278 Å². The molecule has 3 heterocycles. The summed E-state index contributed by atoms with van der Waals surface area (Å²) in [6, 6.07) is 17.5. The van der Waals surface area contributed by atoms with Crippen LogP contribution in [-0.4, -0.2) is 104 Å². The van der Waals surface area contributed by atoms with E-state index in [-0.39, 0.29) is 0 Å². The molecule has 0 unspecified atom stereocenters. The van der Waals surface area contributed by atoms with Gasteiger partial charge in [0.1, 0.15) is 11.4 Å². The van der Waals surface area contributed by atoms with Gasteiger partial charge in [0.2, 0.25) is 0 Å². The number of fused-ring (bicyclic) bond motifs is 2. The Morgan fingerprint density at radius 3 is 2.28 bits per heavy atom. The van der Waals surface area contributed by atoms with E-state index in [0.29, 0.717) is 12.0 Å². The molecule has 1 saturated heterocycles. The van der Waals surface area contributed by atoms with Crippen molar-refractivity contribution in [1.82, 2.24) is 14.8 Å². The van der Waals surface area contributed by atoms with E-state index < -0.39 is 36.4 Å². The highest BCUT2D eigenvalue weighted by Crippen LogP contribution is 2.35. The molecule has 1 atom stereocenters. The maximum Gasteiger partial charge on any atom is 0.336 e. The van der Waals surface area contributed by atoms with E-state index in [2.05, 4.69) is 79.2 Å². The molecule has 4 N–H and O–H groups in total. The lowest BCUT2D eigenvalue weighted by Crippen LogP contribution is -2.53. The van der Waals surface area contributed by atoms with Crippen molar-refractivity contribution in [1.29, 1.82) is 0 Å². The molecule has 0 spiro atoms. The maximum absolute atomic E-state index is 10.3. The average Bonchev–Trinajstić information content (AvgIpc) is 3.37. The van der Waals surface area contributed by atoms with Crippen LogP contribution in [0.25, 0.3) is 0 Å². The van der Waals surface area contributed by atoms with Crippen molar-refractivity contribution in [3.63, 3.8) is 0 Å². The third-order valence-electron chi connectivity index (χ3n) is 8.28. The van der Waals surface area contributed by atoms with Crippen LogP contribution in [0.4, 0.5) is 5.69 Å². The molecule has 0 aliphatic carbocycles. The molecule has 2 aliphatic rings. The van der Waals surface area contributed by atoms with Crippen molar-refractivity contribution in [3.8, 4) is 5.75 Å². The molecule has 13 heteroatoms. The Kier molecular flexibility index (Phi) is 11.7. The van der Waals surface area contributed by atoms with Gasteiger partial charge in [-0.25, -0.2) is 14.8 Å². The molecular formula is C34H42N4O8S. The lowest BCUT2D eigenvalue weighted by Gasteiger charge is -2.40. The Bertz CT molecular complexity index is 1590. The number of aliphatic imine (C=N–C) groups is 1. The minimum atomic E-state index is -2.74. The number of aryl methyl sites for hydroxylation is 1. The summed E-state index contributed by atoms with van der Waals surface area (Å²) >= 11 is 1.86. The van der Waals surface area contributed by atoms with Crippen LogP contribution >= 0.6 is 11.3 Å². The van der Waals surface area contributed by atoms with E-state index in [1.807, 2.05) is 11.3 Å². The number of hydrogen-bond acceptors (Lipinski definition) is 10. The number of ether oxygens (including phenoxy) is 1. The summed E-state index contributed by atoms with van der Waals surface area (Å²) < 4.78 is 5.31. The van der Waals surface area contributed by atoms with Crippen LogP contribution in [0.15, 0.2) is 53.5 Å². The van der Waals surface area contributed by atoms with Gasteiger partial charge in [0, 0.05) is 42.9 Å². The van der Waals surface area contributed by atoms with Crippen LogP contribution < -0.4 is 4.74 Å². The quantitative estimate of drug-likeness (QED) is 0.244. The van der Waals surface area contributed by atoms with Gasteiger partial charge in [-0.05, 0) is 49.2 Å². The number of carbonyl (C=O) groups is 3. The van der Waals surface area contributed by atoms with Gasteiger partial charge >= 0.3 is 17.9 Å². The van der Waals surface area contributed by atoms with E-state index in [9.17, 15) is 14.4 Å². The van der Waals surface area contributed by atoms with Gasteiger partial charge in [0.05, 0.1) is 30.6 Å². The number of hydrogen-bond donors (Lipinski definition) is 4. The third-order valence-corrected chi connectivity index (χ3v) is 9.63. The zero-order valence-electron chi connectivity index (χ0n) is 27.0. The van der Waals surface area contributed by atoms with Crippen LogP contribution in [0.1, 0.15) is 65.7 Å². The van der Waals surface area contributed by atoms with Crippen LogP contribution in [0.3, 0.4) is 0 Å². The van der Waals surface area contributed by atoms with E-state index in [0.717, 1.165) is 61.9 Å². The molecule has 3 aromatic rings. The second-order valence-corrected chi connectivity index (χ2v) is 13.3. The Hall–Kier alpha value is -4.33. The first-order valence-electron chi connectivity index (χ1n) is 15.4. The number of benzene rings is 2. The van der Waals surface area contributed by atoms with Gasteiger partial charge in [0.15, 0.2) is 11.4 Å². The summed E-state index contributed by atoms with van der Waals surface area (Å²) in [5.41, 5.74) is 2.10.